The molecule has 0 radical (unpaired) electrons. The first kappa shape index (κ1) is 16.5. The Labute approximate surface area is 132 Å². The summed E-state index contributed by atoms with van der Waals surface area (Å²) in [4.78, 5) is 28.1. The van der Waals surface area contributed by atoms with Gasteiger partial charge in [-0.15, -0.1) is 0 Å². The van der Waals surface area contributed by atoms with Crippen LogP contribution >= 0.6 is 0 Å². The van der Waals surface area contributed by atoms with E-state index in [0.717, 1.165) is 5.56 Å². The molecule has 5 heteroatoms. The number of rotatable bonds is 4. The maximum absolute atomic E-state index is 12.5. The van der Waals surface area contributed by atoms with Gasteiger partial charge in [-0.1, -0.05) is 30.3 Å². The highest BCUT2D eigenvalue weighted by molar-refractivity contribution is 5.91. The number of piperazine rings is 1. The van der Waals surface area contributed by atoms with Crippen molar-refractivity contribution in [1.29, 1.82) is 0 Å². The second kappa shape index (κ2) is 6.48. The Bertz CT molecular complexity index is 542. The predicted molar refractivity (Wildman–Crippen MR) is 86.0 cm³/mol. The molecule has 1 aliphatic rings. The minimum atomic E-state index is -0.777. The summed E-state index contributed by atoms with van der Waals surface area (Å²) in [6.45, 7) is 4.77. The van der Waals surface area contributed by atoms with E-state index in [1.807, 2.05) is 30.3 Å². The molecular formula is C17H25N3O2. The van der Waals surface area contributed by atoms with Crippen LogP contribution in [0.25, 0.3) is 0 Å². The molecule has 1 heterocycles. The fraction of sp³-hybridized carbons (Fsp3) is 0.529. The van der Waals surface area contributed by atoms with E-state index in [2.05, 4.69) is 0 Å². The summed E-state index contributed by atoms with van der Waals surface area (Å²) < 4.78 is 0. The van der Waals surface area contributed by atoms with E-state index in [4.69, 9.17) is 5.73 Å². The van der Waals surface area contributed by atoms with Gasteiger partial charge in [0.15, 0.2) is 0 Å². The van der Waals surface area contributed by atoms with E-state index >= 15 is 0 Å². The first-order valence-corrected chi connectivity index (χ1v) is 7.70. The molecule has 0 saturated carbocycles. The lowest BCUT2D eigenvalue weighted by Gasteiger charge is -2.44. The van der Waals surface area contributed by atoms with E-state index in [1.165, 1.54) is 0 Å². The molecule has 2 rings (SSSR count). The zero-order valence-electron chi connectivity index (χ0n) is 13.6. The van der Waals surface area contributed by atoms with Crippen LogP contribution in [0.1, 0.15) is 38.3 Å². The second-order valence-electron chi connectivity index (χ2n) is 6.39. The Balaban J connectivity index is 1.96. The van der Waals surface area contributed by atoms with Crippen molar-refractivity contribution in [2.45, 2.75) is 38.3 Å². The third kappa shape index (κ3) is 3.30. The molecule has 1 fully saturated rings. The molecule has 2 N–H and O–H groups in total. The van der Waals surface area contributed by atoms with E-state index in [9.17, 15) is 9.59 Å². The smallest absolute Gasteiger partial charge is 0.247 e. The third-order valence-corrected chi connectivity index (χ3v) is 4.40. The summed E-state index contributed by atoms with van der Waals surface area (Å²) in [5, 5.41) is 0. The Hall–Kier alpha value is -1.88. The minimum Gasteiger partial charge on any atom is -0.342 e. The minimum absolute atomic E-state index is 0.00201. The molecule has 0 spiro atoms. The van der Waals surface area contributed by atoms with Gasteiger partial charge in [-0.05, 0) is 25.8 Å². The fourth-order valence-corrected chi connectivity index (χ4v) is 2.93. The quantitative estimate of drug-likeness (QED) is 0.917. The van der Waals surface area contributed by atoms with Crippen molar-refractivity contribution in [3.63, 3.8) is 0 Å². The highest BCUT2D eigenvalue weighted by atomic mass is 16.2. The maximum Gasteiger partial charge on any atom is 0.247 e. The molecule has 0 bridgehead atoms. The molecule has 2 amide bonds. The Kier molecular flexibility index (Phi) is 4.86. The van der Waals surface area contributed by atoms with Gasteiger partial charge in [-0.2, -0.15) is 0 Å². The Morgan fingerprint density at radius 2 is 1.91 bits per heavy atom. The lowest BCUT2D eigenvalue weighted by atomic mass is 9.96. The summed E-state index contributed by atoms with van der Waals surface area (Å²) in [7, 11) is 1.78. The summed E-state index contributed by atoms with van der Waals surface area (Å²) in [5.41, 5.74) is 6.40. The Morgan fingerprint density at radius 1 is 1.27 bits per heavy atom. The van der Waals surface area contributed by atoms with Crippen LogP contribution in [0.2, 0.25) is 0 Å². The van der Waals surface area contributed by atoms with Gasteiger partial charge >= 0.3 is 0 Å². The number of amides is 2. The SMILES string of the molecule is CN1CCN(C(=O)CC[C@H](N)c2ccccc2)C(C)(C)C1=O. The molecule has 1 saturated heterocycles. The number of nitrogens with two attached hydrogens (primary N) is 1. The van der Waals surface area contributed by atoms with Crippen LogP contribution < -0.4 is 5.73 Å². The highest BCUT2D eigenvalue weighted by Gasteiger charge is 2.42. The number of hydrogen-bond acceptors (Lipinski definition) is 3. The van der Waals surface area contributed by atoms with Gasteiger partial charge in [0.05, 0.1) is 0 Å². The van der Waals surface area contributed by atoms with Crippen LogP contribution in [0.5, 0.6) is 0 Å². The molecule has 120 valence electrons. The van der Waals surface area contributed by atoms with Crippen molar-refractivity contribution >= 4 is 11.8 Å². The first-order chi connectivity index (χ1) is 10.3. The van der Waals surface area contributed by atoms with Crippen LogP contribution in [0.3, 0.4) is 0 Å². The monoisotopic (exact) mass is 303 g/mol. The molecule has 22 heavy (non-hydrogen) atoms. The molecule has 0 aromatic heterocycles. The molecule has 1 aromatic carbocycles. The molecular weight excluding hydrogens is 278 g/mol. The van der Waals surface area contributed by atoms with E-state index in [1.54, 1.807) is 30.7 Å². The van der Waals surface area contributed by atoms with Crippen LogP contribution in [0.4, 0.5) is 0 Å². The highest BCUT2D eigenvalue weighted by Crippen LogP contribution is 2.24. The number of carbonyl (C=O) groups is 2. The van der Waals surface area contributed by atoms with Gasteiger partial charge in [0.1, 0.15) is 5.54 Å². The lowest BCUT2D eigenvalue weighted by Crippen LogP contribution is -2.63. The zero-order valence-corrected chi connectivity index (χ0v) is 13.6. The van der Waals surface area contributed by atoms with Gasteiger partial charge in [0, 0.05) is 32.6 Å². The number of likely N-dealkylation sites (N-methyl/N-ethyl adjacent to an activating group) is 1. The van der Waals surface area contributed by atoms with Crippen LogP contribution in [-0.4, -0.2) is 47.3 Å². The molecule has 1 atom stereocenters. The third-order valence-electron chi connectivity index (χ3n) is 4.40. The maximum atomic E-state index is 12.5. The average Bonchev–Trinajstić information content (AvgIpc) is 2.51. The number of nitrogens with zero attached hydrogens (tertiary/aromatic N) is 2. The normalized spacial score (nSPS) is 19.2. The topological polar surface area (TPSA) is 66.6 Å². The summed E-state index contributed by atoms with van der Waals surface area (Å²) in [5.74, 6) is -0.0164. The largest absolute Gasteiger partial charge is 0.342 e. The zero-order chi connectivity index (χ0) is 16.3. The van der Waals surface area contributed by atoms with Gasteiger partial charge in [-0.25, -0.2) is 0 Å². The number of benzene rings is 1. The standard InChI is InChI=1S/C17H25N3O2/c1-17(2)16(22)19(3)11-12-20(17)15(21)10-9-14(18)13-7-5-4-6-8-13/h4-8,14H,9-12,18H2,1-3H3/t14-/m0/s1. The van der Waals surface area contributed by atoms with Crippen LogP contribution in [0.15, 0.2) is 30.3 Å². The summed E-state index contributed by atoms with van der Waals surface area (Å²) in [6, 6.07) is 9.62. The predicted octanol–water partition coefficient (Wildman–Crippen LogP) is 1.55. The number of hydrogen-bond donors (Lipinski definition) is 1. The molecule has 5 nitrogen and oxygen atoms in total. The summed E-state index contributed by atoms with van der Waals surface area (Å²) in [6.07, 6.45) is 0.940. The Morgan fingerprint density at radius 3 is 2.55 bits per heavy atom. The molecule has 0 unspecified atom stereocenters. The lowest BCUT2D eigenvalue weighted by molar-refractivity contribution is -0.157. The first-order valence-electron chi connectivity index (χ1n) is 7.70. The van der Waals surface area contributed by atoms with Gasteiger partial charge in [0.25, 0.3) is 0 Å². The van der Waals surface area contributed by atoms with Crippen molar-refractivity contribution in [2.75, 3.05) is 20.1 Å². The second-order valence-corrected chi connectivity index (χ2v) is 6.39. The molecule has 1 aliphatic heterocycles. The van der Waals surface area contributed by atoms with Crippen molar-refractivity contribution < 1.29 is 9.59 Å². The van der Waals surface area contributed by atoms with Crippen molar-refractivity contribution in [1.82, 2.24) is 9.80 Å². The van der Waals surface area contributed by atoms with E-state index < -0.39 is 5.54 Å². The van der Waals surface area contributed by atoms with Crippen LogP contribution in [0, 0.1) is 0 Å². The van der Waals surface area contributed by atoms with Gasteiger partial charge in [-0.3, -0.25) is 9.59 Å². The molecule has 1 aromatic rings. The molecule has 0 aliphatic carbocycles. The van der Waals surface area contributed by atoms with E-state index in [0.29, 0.717) is 25.9 Å². The summed E-state index contributed by atoms with van der Waals surface area (Å²) >= 11 is 0. The van der Waals surface area contributed by atoms with Crippen molar-refractivity contribution in [3.05, 3.63) is 35.9 Å². The van der Waals surface area contributed by atoms with E-state index in [-0.39, 0.29) is 17.9 Å². The average molecular weight is 303 g/mol. The van der Waals surface area contributed by atoms with Crippen molar-refractivity contribution in [3.8, 4) is 0 Å². The van der Waals surface area contributed by atoms with Crippen molar-refractivity contribution in [2.24, 2.45) is 5.73 Å². The van der Waals surface area contributed by atoms with Gasteiger partial charge in [0.2, 0.25) is 11.8 Å². The fourth-order valence-electron chi connectivity index (χ4n) is 2.93. The number of carbonyl (C=O) groups excluding carboxylic acids is 2. The van der Waals surface area contributed by atoms with Gasteiger partial charge < -0.3 is 15.5 Å². The van der Waals surface area contributed by atoms with Crippen LogP contribution in [-0.2, 0) is 9.59 Å².